The van der Waals surface area contributed by atoms with E-state index < -0.39 is 11.7 Å². The Kier molecular flexibility index (Phi) is 7.89. The number of carbonyl (C=O) groups is 2. The molecule has 0 aromatic heterocycles. The van der Waals surface area contributed by atoms with Crippen LogP contribution < -0.4 is 15.0 Å². The number of anilines is 2. The van der Waals surface area contributed by atoms with Crippen LogP contribution in [0.5, 0.6) is 5.75 Å². The highest BCUT2D eigenvalue weighted by Crippen LogP contribution is 2.26. The minimum atomic E-state index is -0.471. The highest BCUT2D eigenvalue weighted by Gasteiger charge is 2.21. The van der Waals surface area contributed by atoms with E-state index in [1.54, 1.807) is 48.4 Å². The van der Waals surface area contributed by atoms with Gasteiger partial charge in [-0.2, -0.15) is 0 Å². The highest BCUT2D eigenvalue weighted by atomic mass is 19.1. The molecule has 3 rings (SSSR count). The van der Waals surface area contributed by atoms with Gasteiger partial charge in [0, 0.05) is 49.2 Å². The highest BCUT2D eigenvalue weighted by molar-refractivity contribution is 6.04. The zero-order valence-electron chi connectivity index (χ0n) is 20.1. The van der Waals surface area contributed by atoms with Crippen molar-refractivity contribution in [2.24, 2.45) is 0 Å². The maximum absolute atomic E-state index is 13.5. The number of carbonyl (C=O) groups excluding carboxylic acids is 2. The van der Waals surface area contributed by atoms with Gasteiger partial charge >= 0.3 is 0 Å². The molecule has 6 nitrogen and oxygen atoms in total. The summed E-state index contributed by atoms with van der Waals surface area (Å²) in [5.74, 6) is -0.292. The monoisotopic (exact) mass is 463 g/mol. The molecule has 3 aromatic carbocycles. The lowest BCUT2D eigenvalue weighted by Gasteiger charge is -2.29. The first-order valence-electron chi connectivity index (χ1n) is 11.0. The van der Waals surface area contributed by atoms with Gasteiger partial charge in [0.15, 0.2) is 0 Å². The third-order valence-electron chi connectivity index (χ3n) is 5.47. The number of halogens is 1. The molecule has 0 saturated carbocycles. The van der Waals surface area contributed by atoms with Crippen LogP contribution in [-0.4, -0.2) is 44.0 Å². The van der Waals surface area contributed by atoms with Crippen LogP contribution in [0, 0.1) is 5.82 Å². The van der Waals surface area contributed by atoms with Crippen LogP contribution in [0.25, 0.3) is 0 Å². The van der Waals surface area contributed by atoms with Gasteiger partial charge in [-0.3, -0.25) is 9.59 Å². The minimum absolute atomic E-state index is 0.0600. The van der Waals surface area contributed by atoms with Crippen LogP contribution in [-0.2, 0) is 6.54 Å². The molecule has 3 aromatic rings. The minimum Gasteiger partial charge on any atom is -0.497 e. The molecule has 0 bridgehead atoms. The Labute approximate surface area is 200 Å². The van der Waals surface area contributed by atoms with Crippen LogP contribution >= 0.6 is 0 Å². The number of hydrogen-bond acceptors (Lipinski definition) is 4. The smallest absolute Gasteiger partial charge is 0.255 e. The predicted octanol–water partition coefficient (Wildman–Crippen LogP) is 5.20. The first kappa shape index (κ1) is 24.8. The Bertz CT molecular complexity index is 1160. The second kappa shape index (κ2) is 10.8. The molecule has 0 aliphatic carbocycles. The summed E-state index contributed by atoms with van der Waals surface area (Å²) in [7, 11) is 5.43. The van der Waals surface area contributed by atoms with E-state index in [4.69, 9.17) is 4.74 Å². The van der Waals surface area contributed by atoms with Gasteiger partial charge in [-0.25, -0.2) is 4.39 Å². The van der Waals surface area contributed by atoms with Crippen molar-refractivity contribution < 1.29 is 18.7 Å². The van der Waals surface area contributed by atoms with Gasteiger partial charge in [-0.05, 0) is 80.1 Å². The number of hydrogen-bond donors (Lipinski definition) is 1. The molecule has 0 radical (unpaired) electrons. The van der Waals surface area contributed by atoms with Gasteiger partial charge in [-0.1, -0.05) is 6.07 Å². The Morgan fingerprint density at radius 3 is 2.26 bits per heavy atom. The zero-order chi connectivity index (χ0) is 24.8. The Morgan fingerprint density at radius 2 is 1.68 bits per heavy atom. The fourth-order valence-electron chi connectivity index (χ4n) is 3.63. The fourth-order valence-corrected chi connectivity index (χ4v) is 3.63. The molecule has 0 unspecified atom stereocenters. The molecule has 0 saturated heterocycles. The van der Waals surface area contributed by atoms with Crippen molar-refractivity contribution in [3.8, 4) is 5.75 Å². The first-order valence-corrected chi connectivity index (χ1v) is 11.0. The average Bonchev–Trinajstić information content (AvgIpc) is 2.82. The van der Waals surface area contributed by atoms with Crippen molar-refractivity contribution in [1.82, 2.24) is 4.90 Å². The van der Waals surface area contributed by atoms with Gasteiger partial charge in [0.05, 0.1) is 7.11 Å². The summed E-state index contributed by atoms with van der Waals surface area (Å²) in [5, 5.41) is 2.83. The Balaban J connectivity index is 1.89. The van der Waals surface area contributed by atoms with Gasteiger partial charge in [-0.15, -0.1) is 0 Å². The molecule has 7 heteroatoms. The topological polar surface area (TPSA) is 61.9 Å². The van der Waals surface area contributed by atoms with Gasteiger partial charge < -0.3 is 19.9 Å². The SMILES string of the molecule is COc1ccc(C(=O)N(Cc2cc(NC(=O)c3cccc(F)c3)ccc2N(C)C)C(C)C)cc1. The van der Waals surface area contributed by atoms with Crippen LogP contribution in [0.4, 0.5) is 15.8 Å². The number of nitrogens with one attached hydrogen (secondary N) is 1. The van der Waals surface area contributed by atoms with E-state index in [1.807, 2.05) is 45.0 Å². The van der Waals surface area contributed by atoms with Crippen molar-refractivity contribution in [3.63, 3.8) is 0 Å². The van der Waals surface area contributed by atoms with E-state index in [9.17, 15) is 14.0 Å². The van der Waals surface area contributed by atoms with Crippen LogP contribution in [0.1, 0.15) is 40.1 Å². The van der Waals surface area contributed by atoms with Crippen molar-refractivity contribution >= 4 is 23.2 Å². The number of ether oxygens (including phenoxy) is 1. The molecule has 0 heterocycles. The quantitative estimate of drug-likeness (QED) is 0.499. The first-order chi connectivity index (χ1) is 16.2. The maximum atomic E-state index is 13.5. The average molecular weight is 464 g/mol. The lowest BCUT2D eigenvalue weighted by molar-refractivity contribution is 0.0690. The third-order valence-corrected chi connectivity index (χ3v) is 5.47. The van der Waals surface area contributed by atoms with E-state index >= 15 is 0 Å². The molecule has 178 valence electrons. The lowest BCUT2D eigenvalue weighted by Crippen LogP contribution is -2.36. The summed E-state index contributed by atoms with van der Waals surface area (Å²) in [6.45, 7) is 4.28. The molecular weight excluding hydrogens is 433 g/mol. The summed E-state index contributed by atoms with van der Waals surface area (Å²) in [4.78, 5) is 29.7. The van der Waals surface area contributed by atoms with Gasteiger partial charge in [0.2, 0.25) is 0 Å². The number of benzene rings is 3. The fraction of sp³-hybridized carbons (Fsp3) is 0.259. The molecule has 34 heavy (non-hydrogen) atoms. The van der Waals surface area contributed by atoms with Crippen LogP contribution in [0.3, 0.4) is 0 Å². The summed E-state index contributed by atoms with van der Waals surface area (Å²) < 4.78 is 18.7. The van der Waals surface area contributed by atoms with Crippen LogP contribution in [0.15, 0.2) is 66.7 Å². The molecule has 1 N–H and O–H groups in total. The normalized spacial score (nSPS) is 10.7. The second-order valence-electron chi connectivity index (χ2n) is 8.46. The van der Waals surface area contributed by atoms with Crippen molar-refractivity contribution in [1.29, 1.82) is 0 Å². The molecule has 0 spiro atoms. The van der Waals surface area contributed by atoms with Gasteiger partial charge in [0.1, 0.15) is 11.6 Å². The number of rotatable bonds is 8. The number of nitrogens with zero attached hydrogens (tertiary/aromatic N) is 2. The van der Waals surface area contributed by atoms with E-state index in [0.717, 1.165) is 11.3 Å². The lowest BCUT2D eigenvalue weighted by atomic mass is 10.1. The molecule has 0 atom stereocenters. The maximum Gasteiger partial charge on any atom is 0.255 e. The van der Waals surface area contributed by atoms with E-state index in [-0.39, 0.29) is 17.5 Å². The zero-order valence-corrected chi connectivity index (χ0v) is 20.1. The summed E-state index contributed by atoms with van der Waals surface area (Å²) in [5.41, 5.74) is 3.16. The second-order valence-corrected chi connectivity index (χ2v) is 8.46. The Hall–Kier alpha value is -3.87. The van der Waals surface area contributed by atoms with E-state index in [1.165, 1.54) is 18.2 Å². The van der Waals surface area contributed by atoms with Gasteiger partial charge in [0.25, 0.3) is 11.8 Å². The summed E-state index contributed by atoms with van der Waals surface area (Å²) in [6.07, 6.45) is 0. The number of methoxy groups -OCH3 is 1. The summed E-state index contributed by atoms with van der Waals surface area (Å²) in [6, 6.07) is 18.0. The molecular formula is C27H30FN3O3. The largest absolute Gasteiger partial charge is 0.497 e. The van der Waals surface area contributed by atoms with E-state index in [2.05, 4.69) is 5.32 Å². The van der Waals surface area contributed by atoms with Crippen molar-refractivity contribution in [3.05, 3.63) is 89.2 Å². The van der Waals surface area contributed by atoms with Crippen molar-refractivity contribution in [2.75, 3.05) is 31.4 Å². The Morgan fingerprint density at radius 1 is 0.971 bits per heavy atom. The summed E-state index contributed by atoms with van der Waals surface area (Å²) >= 11 is 0. The van der Waals surface area contributed by atoms with E-state index in [0.29, 0.717) is 23.5 Å². The standard InChI is InChI=1S/C27H30FN3O3/c1-18(2)31(27(33)19-9-12-24(34-5)13-10-19)17-21-16-23(11-14-25(21)30(3)4)29-26(32)20-7-6-8-22(28)15-20/h6-16,18H,17H2,1-5H3,(H,29,32). The third kappa shape index (κ3) is 5.92. The van der Waals surface area contributed by atoms with Crippen molar-refractivity contribution in [2.45, 2.75) is 26.4 Å². The number of amides is 2. The predicted molar refractivity (Wildman–Crippen MR) is 133 cm³/mol. The van der Waals surface area contributed by atoms with Crippen LogP contribution in [0.2, 0.25) is 0 Å². The molecule has 0 aliphatic rings. The molecule has 0 aliphatic heterocycles. The molecule has 0 fully saturated rings. The molecule has 2 amide bonds.